The Morgan fingerprint density at radius 2 is 1.65 bits per heavy atom. The van der Waals surface area contributed by atoms with Crippen LogP contribution in [0.3, 0.4) is 0 Å². The van der Waals surface area contributed by atoms with Gasteiger partial charge in [0.25, 0.3) is 0 Å². The van der Waals surface area contributed by atoms with E-state index in [2.05, 4.69) is 19.2 Å². The van der Waals surface area contributed by atoms with Crippen LogP contribution in [0.2, 0.25) is 0 Å². The zero-order chi connectivity index (χ0) is 14.6. The smallest absolute Gasteiger partial charge is 0.227 e. The van der Waals surface area contributed by atoms with Gasteiger partial charge in [-0.15, -0.1) is 0 Å². The number of rotatable bonds is 10. The molecule has 2 fully saturated rings. The van der Waals surface area contributed by atoms with Crippen LogP contribution in [0.15, 0.2) is 0 Å². The van der Waals surface area contributed by atoms with E-state index in [4.69, 9.17) is 5.73 Å². The van der Waals surface area contributed by atoms with Gasteiger partial charge in [0.15, 0.2) is 0 Å². The van der Waals surface area contributed by atoms with Crippen LogP contribution in [-0.4, -0.2) is 19.0 Å². The minimum absolute atomic E-state index is 0.218. The summed E-state index contributed by atoms with van der Waals surface area (Å²) in [5, 5.41) is 3.27. The molecule has 0 aliphatic heterocycles. The summed E-state index contributed by atoms with van der Waals surface area (Å²) < 4.78 is 0. The maximum atomic E-state index is 12.7. The fourth-order valence-corrected chi connectivity index (χ4v) is 3.77. The summed E-state index contributed by atoms with van der Waals surface area (Å²) in [6, 6.07) is 0. The van der Waals surface area contributed by atoms with Crippen LogP contribution >= 0.6 is 0 Å². The van der Waals surface area contributed by atoms with Gasteiger partial charge in [0, 0.05) is 13.1 Å². The van der Waals surface area contributed by atoms with Crippen molar-refractivity contribution in [2.75, 3.05) is 13.1 Å². The van der Waals surface area contributed by atoms with Crippen molar-refractivity contribution in [3.63, 3.8) is 0 Å². The summed E-state index contributed by atoms with van der Waals surface area (Å²) in [4.78, 5) is 12.7. The fraction of sp³-hybridized carbons (Fsp3) is 0.941. The molecular formula is C17H32N2O. The molecule has 0 aromatic carbocycles. The van der Waals surface area contributed by atoms with Gasteiger partial charge in [0.2, 0.25) is 5.91 Å². The van der Waals surface area contributed by atoms with Gasteiger partial charge >= 0.3 is 0 Å². The van der Waals surface area contributed by atoms with E-state index >= 15 is 0 Å². The Hall–Kier alpha value is -0.570. The SMILES string of the molecule is CCCC(CN)(CCC)C(=O)NCC(C1CC1)C1CC1. The highest BCUT2D eigenvalue weighted by Crippen LogP contribution is 2.48. The predicted molar refractivity (Wildman–Crippen MR) is 83.3 cm³/mol. The molecule has 116 valence electrons. The van der Waals surface area contributed by atoms with Gasteiger partial charge in [0.05, 0.1) is 5.41 Å². The second-order valence-corrected chi connectivity index (χ2v) is 7.03. The molecule has 0 atom stereocenters. The average molecular weight is 280 g/mol. The summed E-state index contributed by atoms with van der Waals surface area (Å²) in [6.07, 6.45) is 9.40. The van der Waals surface area contributed by atoms with E-state index in [0.29, 0.717) is 6.54 Å². The normalized spacial score (nSPS) is 19.4. The Balaban J connectivity index is 1.89. The lowest BCUT2D eigenvalue weighted by Gasteiger charge is -2.31. The van der Waals surface area contributed by atoms with Crippen molar-refractivity contribution in [1.29, 1.82) is 0 Å². The molecule has 0 radical (unpaired) electrons. The molecule has 3 nitrogen and oxygen atoms in total. The number of nitrogens with two attached hydrogens (primary N) is 1. The lowest BCUT2D eigenvalue weighted by molar-refractivity contribution is -0.131. The Morgan fingerprint density at radius 3 is 2.00 bits per heavy atom. The monoisotopic (exact) mass is 280 g/mol. The van der Waals surface area contributed by atoms with E-state index in [1.165, 1.54) is 25.7 Å². The number of hydrogen-bond donors (Lipinski definition) is 2. The van der Waals surface area contributed by atoms with Gasteiger partial charge in [-0.3, -0.25) is 4.79 Å². The van der Waals surface area contributed by atoms with Crippen molar-refractivity contribution in [2.24, 2.45) is 28.9 Å². The number of carbonyl (C=O) groups is 1. The van der Waals surface area contributed by atoms with E-state index < -0.39 is 0 Å². The summed E-state index contributed by atoms with van der Waals surface area (Å²) in [6.45, 7) is 5.66. The van der Waals surface area contributed by atoms with Crippen LogP contribution in [0.5, 0.6) is 0 Å². The fourth-order valence-electron chi connectivity index (χ4n) is 3.77. The summed E-state index contributed by atoms with van der Waals surface area (Å²) >= 11 is 0. The Labute approximate surface area is 124 Å². The van der Waals surface area contributed by atoms with Crippen molar-refractivity contribution < 1.29 is 4.79 Å². The zero-order valence-electron chi connectivity index (χ0n) is 13.3. The summed E-state index contributed by atoms with van der Waals surface area (Å²) in [5.74, 6) is 2.76. The van der Waals surface area contributed by atoms with Gasteiger partial charge in [-0.1, -0.05) is 26.7 Å². The Morgan fingerprint density at radius 1 is 1.15 bits per heavy atom. The molecule has 0 heterocycles. The third-order valence-electron chi connectivity index (χ3n) is 5.28. The summed E-state index contributed by atoms with van der Waals surface area (Å²) in [7, 11) is 0. The largest absolute Gasteiger partial charge is 0.355 e. The predicted octanol–water partition coefficient (Wildman–Crippen LogP) is 3.08. The standard InChI is InChI=1S/C17H32N2O/c1-3-9-17(12-18,10-4-2)16(20)19-11-15(13-5-6-13)14-7-8-14/h13-15H,3-12,18H2,1-2H3,(H,19,20). The van der Waals surface area contributed by atoms with E-state index in [9.17, 15) is 4.79 Å². The van der Waals surface area contributed by atoms with Crippen LogP contribution < -0.4 is 11.1 Å². The molecule has 0 aromatic heterocycles. The highest BCUT2D eigenvalue weighted by molar-refractivity contribution is 5.82. The second-order valence-electron chi connectivity index (χ2n) is 7.03. The second kappa shape index (κ2) is 6.93. The molecule has 2 rings (SSSR count). The van der Waals surface area contributed by atoms with Gasteiger partial charge in [-0.25, -0.2) is 0 Å². The first-order valence-electron chi connectivity index (χ1n) is 8.65. The van der Waals surface area contributed by atoms with Gasteiger partial charge in [-0.05, 0) is 56.3 Å². The van der Waals surface area contributed by atoms with Gasteiger partial charge in [-0.2, -0.15) is 0 Å². The molecule has 3 heteroatoms. The highest BCUT2D eigenvalue weighted by Gasteiger charge is 2.42. The number of nitrogens with one attached hydrogen (secondary N) is 1. The molecule has 0 aromatic rings. The maximum Gasteiger partial charge on any atom is 0.227 e. The van der Waals surface area contributed by atoms with Crippen LogP contribution in [0.1, 0.15) is 65.2 Å². The molecular weight excluding hydrogens is 248 g/mol. The molecule has 2 aliphatic rings. The van der Waals surface area contributed by atoms with Crippen LogP contribution in [0.4, 0.5) is 0 Å². The third-order valence-corrected chi connectivity index (χ3v) is 5.28. The molecule has 2 saturated carbocycles. The van der Waals surface area contributed by atoms with Crippen LogP contribution in [0.25, 0.3) is 0 Å². The Bertz CT molecular complexity index is 303. The highest BCUT2D eigenvalue weighted by atomic mass is 16.2. The van der Waals surface area contributed by atoms with Gasteiger partial charge < -0.3 is 11.1 Å². The molecule has 20 heavy (non-hydrogen) atoms. The summed E-state index contributed by atoms with van der Waals surface area (Å²) in [5.41, 5.74) is 5.65. The lowest BCUT2D eigenvalue weighted by Crippen LogP contribution is -2.47. The van der Waals surface area contributed by atoms with E-state index in [1.54, 1.807) is 0 Å². The van der Waals surface area contributed by atoms with Crippen LogP contribution in [-0.2, 0) is 4.79 Å². The van der Waals surface area contributed by atoms with E-state index in [0.717, 1.165) is 50.0 Å². The van der Waals surface area contributed by atoms with E-state index in [1.807, 2.05) is 0 Å². The van der Waals surface area contributed by atoms with Gasteiger partial charge in [0.1, 0.15) is 0 Å². The molecule has 0 unspecified atom stereocenters. The Kier molecular flexibility index (Phi) is 5.48. The molecule has 0 bridgehead atoms. The molecule has 0 spiro atoms. The minimum Gasteiger partial charge on any atom is -0.355 e. The molecule has 3 N–H and O–H groups in total. The number of hydrogen-bond acceptors (Lipinski definition) is 2. The van der Waals surface area contributed by atoms with Crippen molar-refractivity contribution in [3.05, 3.63) is 0 Å². The maximum absolute atomic E-state index is 12.7. The van der Waals surface area contributed by atoms with Crippen molar-refractivity contribution in [3.8, 4) is 0 Å². The third kappa shape index (κ3) is 3.75. The first-order valence-corrected chi connectivity index (χ1v) is 8.65. The molecule has 1 amide bonds. The first kappa shape index (κ1) is 15.8. The quantitative estimate of drug-likeness (QED) is 0.646. The number of carbonyl (C=O) groups excluding carboxylic acids is 1. The lowest BCUT2D eigenvalue weighted by atomic mass is 9.78. The van der Waals surface area contributed by atoms with Crippen LogP contribution in [0, 0.1) is 23.2 Å². The average Bonchev–Trinajstić information content (AvgIpc) is 3.30. The zero-order valence-corrected chi connectivity index (χ0v) is 13.3. The van der Waals surface area contributed by atoms with Crippen molar-refractivity contribution >= 4 is 5.91 Å². The number of amides is 1. The minimum atomic E-state index is -0.318. The molecule has 0 saturated heterocycles. The first-order chi connectivity index (χ1) is 9.66. The molecule has 2 aliphatic carbocycles. The van der Waals surface area contributed by atoms with Crippen molar-refractivity contribution in [1.82, 2.24) is 5.32 Å². The van der Waals surface area contributed by atoms with E-state index in [-0.39, 0.29) is 11.3 Å². The van der Waals surface area contributed by atoms with Crippen molar-refractivity contribution in [2.45, 2.75) is 65.2 Å². The topological polar surface area (TPSA) is 55.1 Å².